The molecule has 0 spiro atoms. The lowest BCUT2D eigenvalue weighted by Gasteiger charge is -2.24. The Bertz CT molecular complexity index is 509. The highest BCUT2D eigenvalue weighted by Gasteiger charge is 2.07. The number of allylic oxidation sites excluding steroid dienone is 2. The summed E-state index contributed by atoms with van der Waals surface area (Å²) < 4.78 is 5.37. The summed E-state index contributed by atoms with van der Waals surface area (Å²) in [5.74, 6) is 6.70. The van der Waals surface area contributed by atoms with Crippen molar-refractivity contribution in [1.29, 1.82) is 0 Å². The van der Waals surface area contributed by atoms with Crippen molar-refractivity contribution in [3.8, 4) is 11.8 Å². The zero-order chi connectivity index (χ0) is 15.5. The average Bonchev–Trinajstić information content (AvgIpc) is 2.57. The smallest absolute Gasteiger partial charge is 0.0607 e. The SMILES string of the molecule is CCCC/C=C(/C#CCN1CCOCC1)Sc1ccccc1. The second-order valence-electron chi connectivity index (χ2n) is 5.32. The molecule has 2 rings (SSSR count). The van der Waals surface area contributed by atoms with E-state index in [4.69, 9.17) is 4.74 Å². The van der Waals surface area contributed by atoms with Gasteiger partial charge in [0, 0.05) is 18.0 Å². The van der Waals surface area contributed by atoms with Gasteiger partial charge in [0.2, 0.25) is 0 Å². The molecule has 0 atom stereocenters. The highest BCUT2D eigenvalue weighted by Crippen LogP contribution is 2.26. The van der Waals surface area contributed by atoms with Crippen molar-refractivity contribution in [1.82, 2.24) is 4.90 Å². The van der Waals surface area contributed by atoms with Crippen molar-refractivity contribution in [3.63, 3.8) is 0 Å². The summed E-state index contributed by atoms with van der Waals surface area (Å²) in [6.07, 6.45) is 5.84. The Hall–Kier alpha value is -1.21. The summed E-state index contributed by atoms with van der Waals surface area (Å²) in [4.78, 5) is 4.78. The topological polar surface area (TPSA) is 12.5 Å². The first kappa shape index (κ1) is 17.1. The minimum absolute atomic E-state index is 0.833. The van der Waals surface area contributed by atoms with E-state index in [-0.39, 0.29) is 0 Å². The molecule has 0 bridgehead atoms. The summed E-state index contributed by atoms with van der Waals surface area (Å²) in [7, 11) is 0. The van der Waals surface area contributed by atoms with E-state index in [1.165, 1.54) is 22.6 Å². The van der Waals surface area contributed by atoms with E-state index in [0.29, 0.717) is 0 Å². The summed E-state index contributed by atoms with van der Waals surface area (Å²) in [6.45, 7) is 6.72. The van der Waals surface area contributed by atoms with Gasteiger partial charge in [0.15, 0.2) is 0 Å². The summed E-state index contributed by atoms with van der Waals surface area (Å²) in [6, 6.07) is 10.5. The highest BCUT2D eigenvalue weighted by molar-refractivity contribution is 8.03. The second-order valence-corrected chi connectivity index (χ2v) is 6.43. The van der Waals surface area contributed by atoms with Gasteiger partial charge in [0.1, 0.15) is 0 Å². The van der Waals surface area contributed by atoms with Gasteiger partial charge in [-0.3, -0.25) is 4.90 Å². The van der Waals surface area contributed by atoms with Crippen molar-refractivity contribution >= 4 is 11.8 Å². The molecule has 118 valence electrons. The lowest BCUT2D eigenvalue weighted by atomic mass is 10.2. The number of rotatable bonds is 6. The van der Waals surface area contributed by atoms with Crippen LogP contribution in [-0.4, -0.2) is 37.7 Å². The zero-order valence-electron chi connectivity index (χ0n) is 13.4. The molecule has 1 aromatic rings. The molecule has 0 unspecified atom stereocenters. The molecule has 1 aromatic carbocycles. The van der Waals surface area contributed by atoms with Crippen LogP contribution < -0.4 is 0 Å². The molecule has 22 heavy (non-hydrogen) atoms. The fourth-order valence-electron chi connectivity index (χ4n) is 2.17. The first-order chi connectivity index (χ1) is 10.9. The van der Waals surface area contributed by atoms with Crippen LogP contribution in [0.4, 0.5) is 0 Å². The van der Waals surface area contributed by atoms with Gasteiger partial charge in [-0.05, 0) is 18.6 Å². The lowest BCUT2D eigenvalue weighted by molar-refractivity contribution is 0.0443. The second kappa shape index (κ2) is 10.5. The third-order valence-electron chi connectivity index (χ3n) is 3.48. The quantitative estimate of drug-likeness (QED) is 0.444. The van der Waals surface area contributed by atoms with E-state index in [1.807, 2.05) is 0 Å². The molecule has 0 amide bonds. The number of unbranched alkanes of at least 4 members (excludes halogenated alkanes) is 2. The average molecular weight is 315 g/mol. The van der Waals surface area contributed by atoms with E-state index < -0.39 is 0 Å². The van der Waals surface area contributed by atoms with Crippen LogP contribution in [-0.2, 0) is 4.74 Å². The van der Waals surface area contributed by atoms with Gasteiger partial charge >= 0.3 is 0 Å². The fraction of sp³-hybridized carbons (Fsp3) is 0.474. The van der Waals surface area contributed by atoms with Crippen LogP contribution in [0.1, 0.15) is 26.2 Å². The van der Waals surface area contributed by atoms with Crippen molar-refractivity contribution < 1.29 is 4.74 Å². The Morgan fingerprint density at radius 3 is 2.77 bits per heavy atom. The number of thioether (sulfide) groups is 1. The van der Waals surface area contributed by atoms with Crippen molar-refractivity contribution in [2.75, 3.05) is 32.8 Å². The number of nitrogens with zero attached hydrogens (tertiary/aromatic N) is 1. The maximum Gasteiger partial charge on any atom is 0.0607 e. The summed E-state index contributed by atoms with van der Waals surface area (Å²) in [5.41, 5.74) is 0. The van der Waals surface area contributed by atoms with E-state index in [0.717, 1.165) is 39.3 Å². The Balaban J connectivity index is 1.93. The van der Waals surface area contributed by atoms with Gasteiger partial charge in [-0.2, -0.15) is 0 Å². The fourth-order valence-corrected chi connectivity index (χ4v) is 3.04. The van der Waals surface area contributed by atoms with Crippen LogP contribution in [0.15, 0.2) is 46.2 Å². The van der Waals surface area contributed by atoms with Crippen LogP contribution in [0.2, 0.25) is 0 Å². The molecule has 1 heterocycles. The number of hydrogen-bond donors (Lipinski definition) is 0. The highest BCUT2D eigenvalue weighted by atomic mass is 32.2. The molecule has 0 aliphatic carbocycles. The van der Waals surface area contributed by atoms with Gasteiger partial charge in [-0.1, -0.05) is 67.6 Å². The first-order valence-electron chi connectivity index (χ1n) is 8.10. The minimum atomic E-state index is 0.833. The zero-order valence-corrected chi connectivity index (χ0v) is 14.2. The van der Waals surface area contributed by atoms with E-state index in [1.54, 1.807) is 11.8 Å². The molecule has 1 fully saturated rings. The number of benzene rings is 1. The molecular formula is C19H25NOS. The van der Waals surface area contributed by atoms with E-state index in [2.05, 4.69) is 60.1 Å². The van der Waals surface area contributed by atoms with Crippen molar-refractivity contribution in [2.45, 2.75) is 31.1 Å². The monoisotopic (exact) mass is 315 g/mol. The Morgan fingerprint density at radius 1 is 1.27 bits per heavy atom. The van der Waals surface area contributed by atoms with Crippen LogP contribution in [0.25, 0.3) is 0 Å². The molecule has 0 N–H and O–H groups in total. The third kappa shape index (κ3) is 6.70. The standard InChI is InChI=1S/C19H25NOS/c1-2-3-5-9-19(22-18-10-6-4-7-11-18)12-8-13-20-14-16-21-17-15-20/h4,6-7,9-11H,2-3,5,13-17H2,1H3/b19-9-. The van der Waals surface area contributed by atoms with Gasteiger partial charge in [-0.15, -0.1) is 0 Å². The van der Waals surface area contributed by atoms with Crippen LogP contribution in [0.3, 0.4) is 0 Å². The molecular weight excluding hydrogens is 290 g/mol. The van der Waals surface area contributed by atoms with E-state index >= 15 is 0 Å². The molecule has 1 saturated heterocycles. The summed E-state index contributed by atoms with van der Waals surface area (Å²) in [5, 5.41) is 0. The van der Waals surface area contributed by atoms with Crippen molar-refractivity contribution in [3.05, 3.63) is 41.3 Å². The van der Waals surface area contributed by atoms with Crippen LogP contribution in [0, 0.1) is 11.8 Å². The molecule has 1 aliphatic heterocycles. The molecule has 0 radical (unpaired) electrons. The Morgan fingerprint density at radius 2 is 2.05 bits per heavy atom. The number of morpholine rings is 1. The number of hydrogen-bond acceptors (Lipinski definition) is 3. The minimum Gasteiger partial charge on any atom is -0.379 e. The first-order valence-corrected chi connectivity index (χ1v) is 8.92. The molecule has 1 aliphatic rings. The Labute approximate surface area is 138 Å². The number of ether oxygens (including phenoxy) is 1. The maximum absolute atomic E-state index is 5.37. The predicted molar refractivity (Wildman–Crippen MR) is 94.9 cm³/mol. The Kier molecular flexibility index (Phi) is 8.19. The van der Waals surface area contributed by atoms with Gasteiger partial charge in [0.05, 0.1) is 24.7 Å². The summed E-state index contributed by atoms with van der Waals surface area (Å²) >= 11 is 1.77. The predicted octanol–water partition coefficient (Wildman–Crippen LogP) is 4.19. The lowest BCUT2D eigenvalue weighted by Crippen LogP contribution is -2.36. The largest absolute Gasteiger partial charge is 0.379 e. The maximum atomic E-state index is 5.37. The molecule has 0 saturated carbocycles. The molecule has 2 nitrogen and oxygen atoms in total. The van der Waals surface area contributed by atoms with Gasteiger partial charge in [0.25, 0.3) is 0 Å². The third-order valence-corrected chi connectivity index (χ3v) is 4.47. The normalized spacial score (nSPS) is 16.1. The molecule has 0 aromatic heterocycles. The van der Waals surface area contributed by atoms with Crippen LogP contribution >= 0.6 is 11.8 Å². The van der Waals surface area contributed by atoms with Gasteiger partial charge in [-0.25, -0.2) is 0 Å². The van der Waals surface area contributed by atoms with E-state index in [9.17, 15) is 0 Å². The molecule has 3 heteroatoms. The van der Waals surface area contributed by atoms with Crippen LogP contribution in [0.5, 0.6) is 0 Å². The van der Waals surface area contributed by atoms with Gasteiger partial charge < -0.3 is 4.74 Å². The van der Waals surface area contributed by atoms with Crippen molar-refractivity contribution in [2.24, 2.45) is 0 Å².